The molecule has 1 aromatic rings. The Kier molecular flexibility index (Phi) is 5.80. The molecule has 0 spiro atoms. The molecule has 1 heterocycles. The maximum Gasteiger partial charge on any atom is 0.308 e. The van der Waals surface area contributed by atoms with Crippen molar-refractivity contribution < 1.29 is 14.7 Å². The zero-order chi connectivity index (χ0) is 17.0. The van der Waals surface area contributed by atoms with Gasteiger partial charge in [-0.05, 0) is 11.5 Å². The molecule has 0 aromatic heterocycles. The summed E-state index contributed by atoms with van der Waals surface area (Å²) in [4.78, 5) is 26.2. The number of carboxylic acids is 1. The molecule has 23 heavy (non-hydrogen) atoms. The van der Waals surface area contributed by atoms with Crippen molar-refractivity contribution in [3.63, 3.8) is 0 Å². The van der Waals surface area contributed by atoms with Crippen LogP contribution in [0.5, 0.6) is 0 Å². The van der Waals surface area contributed by atoms with Crippen molar-refractivity contribution in [1.29, 1.82) is 0 Å². The quantitative estimate of drug-likeness (QED) is 0.875. The van der Waals surface area contributed by atoms with Gasteiger partial charge in [0.05, 0.1) is 5.92 Å². The van der Waals surface area contributed by atoms with Crippen LogP contribution in [-0.2, 0) is 9.59 Å². The van der Waals surface area contributed by atoms with Crippen LogP contribution < -0.4 is 0 Å². The number of carbonyl (C=O) groups excluding carboxylic acids is 1. The zero-order valence-corrected chi connectivity index (χ0v) is 14.2. The Bertz CT molecular complexity index is 539. The number of nitrogens with zero attached hydrogens (tertiary/aromatic N) is 1. The lowest BCUT2D eigenvalue weighted by Gasteiger charge is -2.26. The van der Waals surface area contributed by atoms with Gasteiger partial charge in [-0.25, -0.2) is 0 Å². The molecule has 126 valence electrons. The standard InChI is InChI=1S/C19H27NO3/c1-4-14(5-2)13(3)18(21)20-11-16(17(12-20)19(22)23)15-9-7-6-8-10-15/h6-10,13-14,16-17H,4-5,11-12H2,1-3H3,(H,22,23)/t13?,16-,17-/m0/s1. The Morgan fingerprint density at radius 2 is 1.78 bits per heavy atom. The first kappa shape index (κ1) is 17.5. The van der Waals surface area contributed by atoms with Crippen molar-refractivity contribution in [2.24, 2.45) is 17.8 Å². The lowest BCUT2D eigenvalue weighted by atomic mass is 9.88. The third kappa shape index (κ3) is 3.74. The van der Waals surface area contributed by atoms with Gasteiger partial charge in [0.1, 0.15) is 0 Å². The number of carbonyl (C=O) groups is 2. The Balaban J connectivity index is 2.17. The average Bonchev–Trinajstić information content (AvgIpc) is 3.01. The number of amides is 1. The predicted octanol–water partition coefficient (Wildman–Crippen LogP) is 3.39. The zero-order valence-electron chi connectivity index (χ0n) is 14.2. The van der Waals surface area contributed by atoms with Gasteiger partial charge in [0.15, 0.2) is 0 Å². The van der Waals surface area contributed by atoms with Crippen LogP contribution in [0.25, 0.3) is 0 Å². The predicted molar refractivity (Wildman–Crippen MR) is 90.1 cm³/mol. The van der Waals surface area contributed by atoms with E-state index in [1.165, 1.54) is 0 Å². The fourth-order valence-corrected chi connectivity index (χ4v) is 3.76. The number of benzene rings is 1. The highest BCUT2D eigenvalue weighted by molar-refractivity contribution is 5.81. The first-order valence-electron chi connectivity index (χ1n) is 8.56. The second kappa shape index (κ2) is 7.62. The van der Waals surface area contributed by atoms with E-state index in [0.29, 0.717) is 19.0 Å². The maximum absolute atomic E-state index is 12.8. The monoisotopic (exact) mass is 317 g/mol. The molecule has 1 saturated heterocycles. The number of likely N-dealkylation sites (tertiary alicyclic amines) is 1. The number of carboxylic acid groups (broad SMARTS) is 1. The third-order valence-electron chi connectivity index (χ3n) is 5.32. The summed E-state index contributed by atoms with van der Waals surface area (Å²) in [7, 11) is 0. The molecular weight excluding hydrogens is 290 g/mol. The summed E-state index contributed by atoms with van der Waals surface area (Å²) < 4.78 is 0. The van der Waals surface area contributed by atoms with E-state index < -0.39 is 11.9 Å². The lowest BCUT2D eigenvalue weighted by Crippen LogP contribution is -2.37. The normalized spacial score (nSPS) is 22.3. The van der Waals surface area contributed by atoms with Crippen LogP contribution in [0.4, 0.5) is 0 Å². The highest BCUT2D eigenvalue weighted by Crippen LogP contribution is 2.34. The van der Waals surface area contributed by atoms with Crippen LogP contribution >= 0.6 is 0 Å². The topological polar surface area (TPSA) is 57.6 Å². The summed E-state index contributed by atoms with van der Waals surface area (Å²) in [5, 5.41) is 9.55. The third-order valence-corrected chi connectivity index (χ3v) is 5.32. The van der Waals surface area contributed by atoms with Gasteiger partial charge >= 0.3 is 5.97 Å². The molecule has 0 aliphatic carbocycles. The fourth-order valence-electron chi connectivity index (χ4n) is 3.76. The van der Waals surface area contributed by atoms with Crippen molar-refractivity contribution in [3.8, 4) is 0 Å². The molecule has 4 nitrogen and oxygen atoms in total. The smallest absolute Gasteiger partial charge is 0.308 e. The van der Waals surface area contributed by atoms with E-state index >= 15 is 0 Å². The fraction of sp³-hybridized carbons (Fsp3) is 0.579. The second-order valence-electron chi connectivity index (χ2n) is 6.57. The van der Waals surface area contributed by atoms with Crippen LogP contribution in [0.2, 0.25) is 0 Å². The van der Waals surface area contributed by atoms with Gasteiger partial charge < -0.3 is 10.0 Å². The SMILES string of the molecule is CCC(CC)C(C)C(=O)N1C[C@H](C(=O)O)[C@H](c2ccccc2)C1. The largest absolute Gasteiger partial charge is 0.481 e. The van der Waals surface area contributed by atoms with Crippen LogP contribution in [0.1, 0.15) is 45.1 Å². The van der Waals surface area contributed by atoms with Gasteiger partial charge in [0.2, 0.25) is 5.91 Å². The average molecular weight is 317 g/mol. The van der Waals surface area contributed by atoms with Crippen molar-refractivity contribution >= 4 is 11.9 Å². The van der Waals surface area contributed by atoms with Crippen LogP contribution in [0, 0.1) is 17.8 Å². The van der Waals surface area contributed by atoms with Crippen LogP contribution in [0.15, 0.2) is 30.3 Å². The van der Waals surface area contributed by atoms with Crippen molar-refractivity contribution in [2.45, 2.75) is 39.5 Å². The van der Waals surface area contributed by atoms with Crippen LogP contribution in [0.3, 0.4) is 0 Å². The van der Waals surface area contributed by atoms with E-state index in [4.69, 9.17) is 0 Å². The molecule has 1 aromatic carbocycles. The summed E-state index contributed by atoms with van der Waals surface area (Å²) >= 11 is 0. The Morgan fingerprint density at radius 3 is 2.30 bits per heavy atom. The van der Waals surface area contributed by atoms with Gasteiger partial charge in [-0.3, -0.25) is 9.59 Å². The van der Waals surface area contributed by atoms with E-state index in [-0.39, 0.29) is 17.7 Å². The van der Waals surface area contributed by atoms with Crippen molar-refractivity contribution in [1.82, 2.24) is 4.90 Å². The number of rotatable bonds is 6. The molecular formula is C19H27NO3. The van der Waals surface area contributed by atoms with Crippen molar-refractivity contribution in [3.05, 3.63) is 35.9 Å². The highest BCUT2D eigenvalue weighted by Gasteiger charge is 2.41. The van der Waals surface area contributed by atoms with Gasteiger partial charge in [-0.2, -0.15) is 0 Å². The summed E-state index contributed by atoms with van der Waals surface area (Å²) in [6.07, 6.45) is 1.95. The Hall–Kier alpha value is -1.84. The lowest BCUT2D eigenvalue weighted by molar-refractivity contribution is -0.142. The number of hydrogen-bond acceptors (Lipinski definition) is 2. The summed E-state index contributed by atoms with van der Waals surface area (Å²) in [6, 6.07) is 9.68. The van der Waals surface area contributed by atoms with E-state index in [0.717, 1.165) is 18.4 Å². The summed E-state index contributed by atoms with van der Waals surface area (Å²) in [6.45, 7) is 7.01. The van der Waals surface area contributed by atoms with Gasteiger partial charge in [0.25, 0.3) is 0 Å². The summed E-state index contributed by atoms with van der Waals surface area (Å²) in [5.41, 5.74) is 1.00. The molecule has 2 rings (SSSR count). The minimum absolute atomic E-state index is 0.0473. The molecule has 1 unspecified atom stereocenters. The Morgan fingerprint density at radius 1 is 1.17 bits per heavy atom. The molecule has 1 aliphatic heterocycles. The van der Waals surface area contributed by atoms with E-state index in [2.05, 4.69) is 13.8 Å². The van der Waals surface area contributed by atoms with Gasteiger partial charge in [-0.15, -0.1) is 0 Å². The maximum atomic E-state index is 12.8. The Labute approximate surface area is 138 Å². The number of hydrogen-bond donors (Lipinski definition) is 1. The first-order valence-corrected chi connectivity index (χ1v) is 8.56. The molecule has 1 amide bonds. The minimum Gasteiger partial charge on any atom is -0.481 e. The molecule has 0 bridgehead atoms. The molecule has 1 aliphatic rings. The van der Waals surface area contributed by atoms with Gasteiger partial charge in [-0.1, -0.05) is 63.9 Å². The van der Waals surface area contributed by atoms with Crippen LogP contribution in [-0.4, -0.2) is 35.0 Å². The molecule has 1 fully saturated rings. The molecule has 4 heteroatoms. The molecule has 0 saturated carbocycles. The molecule has 1 N–H and O–H groups in total. The van der Waals surface area contributed by atoms with E-state index in [1.807, 2.05) is 37.3 Å². The first-order chi connectivity index (χ1) is 11.0. The summed E-state index contributed by atoms with van der Waals surface area (Å²) in [5.74, 6) is -1.04. The number of aliphatic carboxylic acids is 1. The van der Waals surface area contributed by atoms with E-state index in [9.17, 15) is 14.7 Å². The molecule has 3 atom stereocenters. The second-order valence-corrected chi connectivity index (χ2v) is 6.57. The van der Waals surface area contributed by atoms with Gasteiger partial charge in [0, 0.05) is 24.9 Å². The molecule has 0 radical (unpaired) electrons. The van der Waals surface area contributed by atoms with E-state index in [1.54, 1.807) is 4.90 Å². The van der Waals surface area contributed by atoms with Crippen molar-refractivity contribution in [2.75, 3.05) is 13.1 Å². The minimum atomic E-state index is -0.815. The highest BCUT2D eigenvalue weighted by atomic mass is 16.4.